The number of hydrogen-bond acceptors (Lipinski definition) is 2. The molecule has 1 atom stereocenters. The van der Waals surface area contributed by atoms with Crippen LogP contribution in [0, 0.1) is 19.8 Å². The van der Waals surface area contributed by atoms with E-state index in [-0.39, 0.29) is 16.9 Å². The Morgan fingerprint density at radius 2 is 1.78 bits per heavy atom. The van der Waals surface area contributed by atoms with E-state index in [1.807, 2.05) is 32.0 Å². The minimum absolute atomic E-state index is 0.243. The van der Waals surface area contributed by atoms with Gasteiger partial charge in [0.25, 0.3) is 0 Å². The minimum atomic E-state index is -1.75. The second-order valence-corrected chi connectivity index (χ2v) is 8.33. The normalized spacial score (nSPS) is 12.7. The fourth-order valence-electron chi connectivity index (χ4n) is 1.75. The third kappa shape index (κ3) is 6.71. The van der Waals surface area contributed by atoms with E-state index in [4.69, 9.17) is 47.0 Å². The highest BCUT2D eigenvalue weighted by molar-refractivity contribution is 7.80. The van der Waals surface area contributed by atoms with Crippen LogP contribution >= 0.6 is 47.0 Å². The van der Waals surface area contributed by atoms with Crippen LogP contribution in [0.15, 0.2) is 18.2 Å². The van der Waals surface area contributed by atoms with E-state index in [0.29, 0.717) is 0 Å². The van der Waals surface area contributed by atoms with Crippen molar-refractivity contribution in [2.45, 2.75) is 37.7 Å². The molecule has 0 saturated heterocycles. The molecule has 3 N–H and O–H groups in total. The van der Waals surface area contributed by atoms with Crippen LogP contribution in [0.4, 0.5) is 5.69 Å². The van der Waals surface area contributed by atoms with Gasteiger partial charge in [0.1, 0.15) is 6.17 Å². The van der Waals surface area contributed by atoms with Crippen LogP contribution < -0.4 is 16.0 Å². The lowest BCUT2D eigenvalue weighted by atomic mass is 10.1. The number of benzene rings is 1. The maximum absolute atomic E-state index is 11.8. The second kappa shape index (κ2) is 8.38. The van der Waals surface area contributed by atoms with Crippen molar-refractivity contribution in [1.82, 2.24) is 10.6 Å². The third-order valence-corrected chi connectivity index (χ3v) is 3.92. The summed E-state index contributed by atoms with van der Waals surface area (Å²) in [5, 5.41) is 8.73. The van der Waals surface area contributed by atoms with Gasteiger partial charge in [-0.2, -0.15) is 0 Å². The van der Waals surface area contributed by atoms with Gasteiger partial charge in [0.05, 0.1) is 0 Å². The van der Waals surface area contributed by atoms with Crippen molar-refractivity contribution in [2.75, 3.05) is 5.32 Å². The average Bonchev–Trinajstić information content (AvgIpc) is 2.40. The summed E-state index contributed by atoms with van der Waals surface area (Å²) in [7, 11) is 0. The summed E-state index contributed by atoms with van der Waals surface area (Å²) >= 11 is 23.0. The Balaban J connectivity index is 2.79. The van der Waals surface area contributed by atoms with Crippen LogP contribution in [0.25, 0.3) is 0 Å². The molecule has 0 aliphatic rings. The van der Waals surface area contributed by atoms with E-state index >= 15 is 0 Å². The molecule has 0 aromatic heterocycles. The SMILES string of the molecule is Cc1ccc(NC(=S)N[C@H](NC(=O)C(C)C)C(Cl)(Cl)Cl)c(C)c1. The molecule has 4 nitrogen and oxygen atoms in total. The van der Waals surface area contributed by atoms with Gasteiger partial charge in [-0.3, -0.25) is 4.79 Å². The number of amides is 1. The Morgan fingerprint density at radius 3 is 2.26 bits per heavy atom. The number of rotatable bonds is 4. The standard InChI is InChI=1S/C15H20Cl3N3OS/c1-8(2)12(22)20-13(15(16,17)18)21-14(23)19-11-6-5-9(3)7-10(11)4/h5-8,13H,1-4H3,(H,20,22)(H2,19,21,23)/t13-/m0/s1. The van der Waals surface area contributed by atoms with Gasteiger partial charge in [0, 0.05) is 11.6 Å². The van der Waals surface area contributed by atoms with Crippen LogP contribution in [0.1, 0.15) is 25.0 Å². The van der Waals surface area contributed by atoms with E-state index in [2.05, 4.69) is 16.0 Å². The lowest BCUT2D eigenvalue weighted by Gasteiger charge is -2.28. The monoisotopic (exact) mass is 395 g/mol. The summed E-state index contributed by atoms with van der Waals surface area (Å²) in [6.45, 7) is 7.46. The molecule has 1 amide bonds. The number of hydrogen-bond donors (Lipinski definition) is 3. The molecule has 0 bridgehead atoms. The molecule has 0 radical (unpaired) electrons. The van der Waals surface area contributed by atoms with Gasteiger partial charge < -0.3 is 16.0 Å². The fourth-order valence-corrected chi connectivity index (χ4v) is 2.31. The number of carbonyl (C=O) groups excluding carboxylic acids is 1. The zero-order chi connectivity index (χ0) is 17.8. The van der Waals surface area contributed by atoms with E-state index in [1.165, 1.54) is 0 Å². The molecule has 0 fully saturated rings. The van der Waals surface area contributed by atoms with Crippen molar-refractivity contribution in [3.63, 3.8) is 0 Å². The van der Waals surface area contributed by atoms with Gasteiger partial charge in [-0.1, -0.05) is 66.3 Å². The molecule has 23 heavy (non-hydrogen) atoms. The van der Waals surface area contributed by atoms with Gasteiger partial charge in [-0.05, 0) is 37.7 Å². The van der Waals surface area contributed by atoms with Crippen molar-refractivity contribution in [2.24, 2.45) is 5.92 Å². The maximum Gasteiger partial charge on any atom is 0.228 e. The number of thiocarbonyl (C=S) groups is 1. The summed E-state index contributed by atoms with van der Waals surface area (Å²) in [4.78, 5) is 11.8. The topological polar surface area (TPSA) is 53.2 Å². The Morgan fingerprint density at radius 1 is 1.17 bits per heavy atom. The zero-order valence-electron chi connectivity index (χ0n) is 13.3. The van der Waals surface area contributed by atoms with Crippen LogP contribution in [-0.2, 0) is 4.79 Å². The lowest BCUT2D eigenvalue weighted by molar-refractivity contribution is -0.124. The number of alkyl halides is 3. The largest absolute Gasteiger partial charge is 0.339 e. The predicted molar refractivity (Wildman–Crippen MR) is 102 cm³/mol. The number of anilines is 1. The Hall–Kier alpha value is -0.750. The molecular weight excluding hydrogens is 377 g/mol. The highest BCUT2D eigenvalue weighted by Crippen LogP contribution is 2.29. The minimum Gasteiger partial charge on any atom is -0.339 e. The van der Waals surface area contributed by atoms with E-state index < -0.39 is 9.96 Å². The van der Waals surface area contributed by atoms with Gasteiger partial charge in [0.15, 0.2) is 5.11 Å². The van der Waals surface area contributed by atoms with Gasteiger partial charge in [-0.25, -0.2) is 0 Å². The van der Waals surface area contributed by atoms with Crippen molar-refractivity contribution in [3.05, 3.63) is 29.3 Å². The molecule has 0 heterocycles. The summed E-state index contributed by atoms with van der Waals surface area (Å²) in [5.74, 6) is -0.490. The van der Waals surface area contributed by atoms with E-state index in [1.54, 1.807) is 13.8 Å². The number of aryl methyl sites for hydroxylation is 2. The first kappa shape index (κ1) is 20.3. The molecule has 0 spiro atoms. The number of nitrogens with one attached hydrogen (secondary N) is 3. The van der Waals surface area contributed by atoms with Crippen molar-refractivity contribution in [3.8, 4) is 0 Å². The summed E-state index contributed by atoms with van der Waals surface area (Å²) in [6, 6.07) is 5.90. The first-order chi connectivity index (χ1) is 10.5. The van der Waals surface area contributed by atoms with Gasteiger partial charge >= 0.3 is 0 Å². The zero-order valence-corrected chi connectivity index (χ0v) is 16.4. The van der Waals surface area contributed by atoms with Gasteiger partial charge in [0.2, 0.25) is 9.70 Å². The van der Waals surface area contributed by atoms with Crippen LogP contribution in [0.2, 0.25) is 0 Å². The Kier molecular flexibility index (Phi) is 7.39. The van der Waals surface area contributed by atoms with Gasteiger partial charge in [-0.15, -0.1) is 0 Å². The molecule has 0 aliphatic heterocycles. The number of carbonyl (C=O) groups is 1. The van der Waals surface area contributed by atoms with Crippen molar-refractivity contribution >= 4 is 63.7 Å². The Bertz CT molecular complexity index is 588. The molecule has 0 unspecified atom stereocenters. The number of halogens is 3. The quantitative estimate of drug-likeness (QED) is 0.408. The van der Waals surface area contributed by atoms with E-state index in [0.717, 1.165) is 16.8 Å². The second-order valence-electron chi connectivity index (χ2n) is 5.55. The maximum atomic E-state index is 11.8. The smallest absolute Gasteiger partial charge is 0.228 e. The average molecular weight is 397 g/mol. The molecule has 1 aromatic rings. The Labute approximate surface area is 157 Å². The first-order valence-electron chi connectivity index (χ1n) is 7.02. The molecule has 128 valence electrons. The summed E-state index contributed by atoms with van der Waals surface area (Å²) in [5.41, 5.74) is 3.02. The summed E-state index contributed by atoms with van der Waals surface area (Å²) < 4.78 is -1.75. The van der Waals surface area contributed by atoms with E-state index in [9.17, 15) is 4.79 Å². The van der Waals surface area contributed by atoms with Crippen molar-refractivity contribution < 1.29 is 4.79 Å². The van der Waals surface area contributed by atoms with Crippen LogP contribution in [0.5, 0.6) is 0 Å². The first-order valence-corrected chi connectivity index (χ1v) is 8.56. The lowest BCUT2D eigenvalue weighted by Crippen LogP contribution is -2.56. The molecule has 0 aliphatic carbocycles. The van der Waals surface area contributed by atoms with Crippen LogP contribution in [-0.4, -0.2) is 21.0 Å². The van der Waals surface area contributed by atoms with Crippen LogP contribution in [0.3, 0.4) is 0 Å². The molecule has 0 saturated carbocycles. The highest BCUT2D eigenvalue weighted by Gasteiger charge is 2.35. The molecular formula is C15H20Cl3N3OS. The van der Waals surface area contributed by atoms with Crippen molar-refractivity contribution in [1.29, 1.82) is 0 Å². The third-order valence-electron chi connectivity index (χ3n) is 3.04. The molecule has 1 aromatic carbocycles. The predicted octanol–water partition coefficient (Wildman–Crippen LogP) is 4.06. The molecule has 8 heteroatoms. The molecule has 1 rings (SSSR count). The fraction of sp³-hybridized carbons (Fsp3) is 0.467. The highest BCUT2D eigenvalue weighted by atomic mass is 35.6. The summed E-state index contributed by atoms with van der Waals surface area (Å²) in [6.07, 6.45) is -0.951.